The molecule has 3 N–H and O–H groups in total. The van der Waals surface area contributed by atoms with Gasteiger partial charge in [0.2, 0.25) is 0 Å². The molecule has 2 rings (SSSR count). The first-order chi connectivity index (χ1) is 6.65. The number of hydrogen-bond donors (Lipinski definition) is 2. The second-order valence-electron chi connectivity index (χ2n) is 4.46. The molecular formula is C11H19N3. The SMILES string of the molecule is C[C@H]1C[C@@H](N)C[C@@H](c2ccn(C)c2)N1. The van der Waals surface area contributed by atoms with Crippen molar-refractivity contribution in [2.75, 3.05) is 0 Å². The van der Waals surface area contributed by atoms with Gasteiger partial charge >= 0.3 is 0 Å². The van der Waals surface area contributed by atoms with Crippen LogP contribution in [0.4, 0.5) is 0 Å². The van der Waals surface area contributed by atoms with E-state index in [1.807, 2.05) is 0 Å². The standard InChI is InChI=1S/C11H19N3/c1-8-5-10(12)6-11(13-8)9-3-4-14(2)7-9/h3-4,7-8,10-11,13H,5-6,12H2,1-2H3/t8-,10+,11-/m0/s1. The maximum atomic E-state index is 6.01. The van der Waals surface area contributed by atoms with Crippen LogP contribution in [0.25, 0.3) is 0 Å². The van der Waals surface area contributed by atoms with Crippen LogP contribution in [-0.4, -0.2) is 16.7 Å². The van der Waals surface area contributed by atoms with Gasteiger partial charge in [-0.2, -0.15) is 0 Å². The van der Waals surface area contributed by atoms with Crippen molar-refractivity contribution in [1.29, 1.82) is 0 Å². The molecule has 0 unspecified atom stereocenters. The molecule has 0 spiro atoms. The van der Waals surface area contributed by atoms with Gasteiger partial charge in [-0.15, -0.1) is 0 Å². The number of aryl methyl sites for hydroxylation is 1. The molecule has 1 aliphatic heterocycles. The normalized spacial score (nSPS) is 33.2. The maximum Gasteiger partial charge on any atom is 0.0352 e. The van der Waals surface area contributed by atoms with E-state index in [2.05, 4.69) is 42.3 Å². The zero-order valence-electron chi connectivity index (χ0n) is 8.90. The minimum atomic E-state index is 0.344. The first kappa shape index (κ1) is 9.74. The molecule has 3 atom stereocenters. The van der Waals surface area contributed by atoms with Gasteiger partial charge in [0.25, 0.3) is 0 Å². The van der Waals surface area contributed by atoms with Crippen molar-refractivity contribution in [3.05, 3.63) is 24.0 Å². The number of nitrogens with two attached hydrogens (primary N) is 1. The summed E-state index contributed by atoms with van der Waals surface area (Å²) in [5.41, 5.74) is 7.37. The van der Waals surface area contributed by atoms with Gasteiger partial charge in [-0.05, 0) is 31.4 Å². The zero-order valence-corrected chi connectivity index (χ0v) is 8.90. The first-order valence-electron chi connectivity index (χ1n) is 5.28. The van der Waals surface area contributed by atoms with Gasteiger partial charge in [-0.3, -0.25) is 0 Å². The van der Waals surface area contributed by atoms with Crippen LogP contribution in [-0.2, 0) is 7.05 Å². The number of nitrogens with one attached hydrogen (secondary N) is 1. The molecule has 1 saturated heterocycles. The van der Waals surface area contributed by atoms with Crippen LogP contribution in [0, 0.1) is 0 Å². The van der Waals surface area contributed by atoms with Gasteiger partial charge in [0.05, 0.1) is 0 Å². The molecule has 3 nitrogen and oxygen atoms in total. The van der Waals surface area contributed by atoms with E-state index >= 15 is 0 Å². The Labute approximate surface area is 85.3 Å². The van der Waals surface area contributed by atoms with E-state index in [-0.39, 0.29) is 0 Å². The van der Waals surface area contributed by atoms with E-state index in [0.29, 0.717) is 18.1 Å². The Hall–Kier alpha value is -0.800. The van der Waals surface area contributed by atoms with Gasteiger partial charge in [0.1, 0.15) is 0 Å². The predicted molar refractivity (Wildman–Crippen MR) is 58.0 cm³/mol. The lowest BCUT2D eigenvalue weighted by Crippen LogP contribution is -2.44. The van der Waals surface area contributed by atoms with Crippen molar-refractivity contribution in [1.82, 2.24) is 9.88 Å². The number of piperidine rings is 1. The summed E-state index contributed by atoms with van der Waals surface area (Å²) in [5, 5.41) is 3.58. The molecular weight excluding hydrogens is 174 g/mol. The Balaban J connectivity index is 2.10. The molecule has 1 aliphatic rings. The number of nitrogens with zero attached hydrogens (tertiary/aromatic N) is 1. The van der Waals surface area contributed by atoms with E-state index in [1.165, 1.54) is 5.56 Å². The average Bonchev–Trinajstić information content (AvgIpc) is 2.50. The first-order valence-corrected chi connectivity index (χ1v) is 5.28. The van der Waals surface area contributed by atoms with Crippen molar-refractivity contribution >= 4 is 0 Å². The van der Waals surface area contributed by atoms with Gasteiger partial charge in [-0.1, -0.05) is 0 Å². The summed E-state index contributed by atoms with van der Waals surface area (Å²) in [6.45, 7) is 2.20. The second-order valence-corrected chi connectivity index (χ2v) is 4.46. The molecule has 78 valence electrons. The Morgan fingerprint density at radius 3 is 2.86 bits per heavy atom. The monoisotopic (exact) mass is 193 g/mol. The fourth-order valence-electron chi connectivity index (χ4n) is 2.30. The van der Waals surface area contributed by atoms with Crippen LogP contribution in [0.5, 0.6) is 0 Å². The van der Waals surface area contributed by atoms with Crippen molar-refractivity contribution in [2.24, 2.45) is 12.8 Å². The average molecular weight is 193 g/mol. The summed E-state index contributed by atoms with van der Waals surface area (Å²) in [6.07, 6.45) is 6.39. The van der Waals surface area contributed by atoms with Crippen molar-refractivity contribution in [3.8, 4) is 0 Å². The summed E-state index contributed by atoms with van der Waals surface area (Å²) in [6, 6.07) is 3.48. The lowest BCUT2D eigenvalue weighted by molar-refractivity contribution is 0.307. The van der Waals surface area contributed by atoms with Gasteiger partial charge in [0, 0.05) is 37.6 Å². The minimum absolute atomic E-state index is 0.344. The van der Waals surface area contributed by atoms with Crippen LogP contribution in [0.15, 0.2) is 18.5 Å². The third-order valence-electron chi connectivity index (χ3n) is 2.94. The summed E-state index contributed by atoms with van der Waals surface area (Å²) >= 11 is 0. The van der Waals surface area contributed by atoms with Gasteiger partial charge < -0.3 is 15.6 Å². The van der Waals surface area contributed by atoms with Crippen LogP contribution < -0.4 is 11.1 Å². The van der Waals surface area contributed by atoms with Gasteiger partial charge in [0.15, 0.2) is 0 Å². The van der Waals surface area contributed by atoms with E-state index < -0.39 is 0 Å². The maximum absolute atomic E-state index is 6.01. The molecule has 0 aliphatic carbocycles. The third kappa shape index (κ3) is 1.99. The molecule has 3 heteroatoms. The molecule has 1 aromatic rings. The van der Waals surface area contributed by atoms with Crippen LogP contribution >= 0.6 is 0 Å². The summed E-state index contributed by atoms with van der Waals surface area (Å²) < 4.78 is 2.09. The van der Waals surface area contributed by atoms with Gasteiger partial charge in [-0.25, -0.2) is 0 Å². The second kappa shape index (κ2) is 3.75. The smallest absolute Gasteiger partial charge is 0.0352 e. The Morgan fingerprint density at radius 2 is 2.29 bits per heavy atom. The number of rotatable bonds is 1. The highest BCUT2D eigenvalue weighted by Crippen LogP contribution is 2.24. The van der Waals surface area contributed by atoms with E-state index in [4.69, 9.17) is 5.73 Å². The molecule has 1 fully saturated rings. The van der Waals surface area contributed by atoms with E-state index in [1.54, 1.807) is 0 Å². The van der Waals surface area contributed by atoms with E-state index in [9.17, 15) is 0 Å². The topological polar surface area (TPSA) is 43.0 Å². The van der Waals surface area contributed by atoms with Crippen molar-refractivity contribution in [2.45, 2.75) is 37.9 Å². The Morgan fingerprint density at radius 1 is 1.50 bits per heavy atom. The minimum Gasteiger partial charge on any atom is -0.357 e. The third-order valence-corrected chi connectivity index (χ3v) is 2.94. The molecule has 14 heavy (non-hydrogen) atoms. The highest BCUT2D eigenvalue weighted by Gasteiger charge is 2.24. The quantitative estimate of drug-likeness (QED) is 0.703. The van der Waals surface area contributed by atoms with E-state index in [0.717, 1.165) is 12.8 Å². The lowest BCUT2D eigenvalue weighted by Gasteiger charge is -2.32. The molecule has 0 saturated carbocycles. The Bertz CT molecular complexity index is 295. The number of aromatic nitrogens is 1. The summed E-state index contributed by atoms with van der Waals surface area (Å²) in [7, 11) is 2.05. The highest BCUT2D eigenvalue weighted by molar-refractivity contribution is 5.16. The summed E-state index contributed by atoms with van der Waals surface area (Å²) in [4.78, 5) is 0. The molecule has 0 aromatic carbocycles. The molecule has 2 heterocycles. The molecule has 1 aromatic heterocycles. The molecule has 0 amide bonds. The largest absolute Gasteiger partial charge is 0.357 e. The zero-order chi connectivity index (χ0) is 10.1. The molecule has 0 radical (unpaired) electrons. The predicted octanol–water partition coefficient (Wildman–Crippen LogP) is 1.17. The lowest BCUT2D eigenvalue weighted by atomic mass is 9.92. The number of hydrogen-bond acceptors (Lipinski definition) is 2. The van der Waals surface area contributed by atoms with Crippen molar-refractivity contribution in [3.63, 3.8) is 0 Å². The highest BCUT2D eigenvalue weighted by atomic mass is 15.0. The summed E-state index contributed by atoms with van der Waals surface area (Å²) in [5.74, 6) is 0. The fraction of sp³-hybridized carbons (Fsp3) is 0.636. The Kier molecular flexibility index (Phi) is 2.61. The van der Waals surface area contributed by atoms with Crippen molar-refractivity contribution < 1.29 is 0 Å². The van der Waals surface area contributed by atoms with Crippen LogP contribution in [0.1, 0.15) is 31.4 Å². The van der Waals surface area contributed by atoms with Crippen LogP contribution in [0.3, 0.4) is 0 Å². The molecule has 0 bridgehead atoms. The van der Waals surface area contributed by atoms with Crippen LogP contribution in [0.2, 0.25) is 0 Å². The fourth-order valence-corrected chi connectivity index (χ4v) is 2.30.